The molecule has 0 radical (unpaired) electrons. The summed E-state index contributed by atoms with van der Waals surface area (Å²) in [5.41, 5.74) is 0.842. The third-order valence-electron chi connectivity index (χ3n) is 3.29. The van der Waals surface area contributed by atoms with Gasteiger partial charge in [-0.15, -0.1) is 0 Å². The molecule has 128 valence electrons. The maximum Gasteiger partial charge on any atom is 0.246 e. The quantitative estimate of drug-likeness (QED) is 0.834. The van der Waals surface area contributed by atoms with Gasteiger partial charge in [0.05, 0.1) is 12.6 Å². The zero-order valence-corrected chi connectivity index (χ0v) is 13.6. The van der Waals surface area contributed by atoms with Crippen LogP contribution in [0.1, 0.15) is 18.5 Å². The lowest BCUT2D eigenvalue weighted by atomic mass is 10.1. The largest absolute Gasteiger partial charge is 0.348 e. The van der Waals surface area contributed by atoms with E-state index in [0.717, 1.165) is 23.8 Å². The Morgan fingerprint density at radius 1 is 1.04 bits per heavy atom. The number of hydrogen-bond acceptors (Lipinski definition) is 3. The maximum atomic E-state index is 13.5. The van der Waals surface area contributed by atoms with E-state index < -0.39 is 39.0 Å². The minimum absolute atomic E-state index is 0.339. The molecule has 24 heavy (non-hydrogen) atoms. The summed E-state index contributed by atoms with van der Waals surface area (Å²) in [6.45, 7) is 1.10. The van der Waals surface area contributed by atoms with Crippen LogP contribution < -0.4 is 10.0 Å². The summed E-state index contributed by atoms with van der Waals surface area (Å²) in [4.78, 5) is 10.7. The minimum Gasteiger partial charge on any atom is -0.348 e. The first-order chi connectivity index (χ1) is 11.3. The molecule has 8 heteroatoms. The normalized spacial score (nSPS) is 12.6. The van der Waals surface area contributed by atoms with Gasteiger partial charge in [-0.1, -0.05) is 36.4 Å². The number of sulfonamides is 1. The molecule has 1 amide bonds. The first-order valence-electron chi connectivity index (χ1n) is 7.09. The molecule has 0 unspecified atom stereocenters. The van der Waals surface area contributed by atoms with Crippen LogP contribution in [0.15, 0.2) is 53.4 Å². The fourth-order valence-electron chi connectivity index (χ4n) is 2.09. The summed E-state index contributed by atoms with van der Waals surface area (Å²) in [6, 6.07) is 11.4. The zero-order chi connectivity index (χ0) is 17.7. The van der Waals surface area contributed by atoms with Crippen molar-refractivity contribution in [2.45, 2.75) is 17.9 Å². The van der Waals surface area contributed by atoms with Gasteiger partial charge >= 0.3 is 0 Å². The second-order valence-electron chi connectivity index (χ2n) is 5.08. The highest BCUT2D eigenvalue weighted by atomic mass is 32.2. The van der Waals surface area contributed by atoms with Crippen LogP contribution in [0.25, 0.3) is 0 Å². The van der Waals surface area contributed by atoms with Crippen molar-refractivity contribution in [2.75, 3.05) is 6.54 Å². The van der Waals surface area contributed by atoms with Crippen molar-refractivity contribution in [3.05, 3.63) is 65.7 Å². The highest BCUT2D eigenvalue weighted by molar-refractivity contribution is 7.89. The van der Waals surface area contributed by atoms with Gasteiger partial charge in [0.2, 0.25) is 15.9 Å². The molecule has 0 saturated carbocycles. The maximum absolute atomic E-state index is 13.5. The lowest BCUT2D eigenvalue weighted by Gasteiger charge is -2.15. The van der Waals surface area contributed by atoms with E-state index in [-0.39, 0.29) is 6.04 Å². The molecule has 2 aromatic rings. The number of carbonyl (C=O) groups excluding carboxylic acids is 1. The third kappa shape index (κ3) is 4.36. The zero-order valence-electron chi connectivity index (χ0n) is 12.8. The summed E-state index contributed by atoms with van der Waals surface area (Å²) >= 11 is 0. The lowest BCUT2D eigenvalue weighted by molar-refractivity contribution is -0.120. The average molecular weight is 354 g/mol. The van der Waals surface area contributed by atoms with Gasteiger partial charge in [-0.25, -0.2) is 21.9 Å². The first kappa shape index (κ1) is 18.0. The predicted octanol–water partition coefficient (Wildman–Crippen LogP) is 2.12. The smallest absolute Gasteiger partial charge is 0.246 e. The molecule has 5 nitrogen and oxygen atoms in total. The Balaban J connectivity index is 2.01. The van der Waals surface area contributed by atoms with E-state index in [9.17, 15) is 22.0 Å². The van der Waals surface area contributed by atoms with Crippen molar-refractivity contribution in [3.8, 4) is 0 Å². The monoisotopic (exact) mass is 354 g/mol. The van der Waals surface area contributed by atoms with Gasteiger partial charge in [-0.05, 0) is 24.6 Å². The number of halogens is 2. The van der Waals surface area contributed by atoms with E-state index in [4.69, 9.17) is 0 Å². The van der Waals surface area contributed by atoms with Gasteiger partial charge in [0.25, 0.3) is 0 Å². The molecule has 2 aromatic carbocycles. The fourth-order valence-corrected chi connectivity index (χ4v) is 3.20. The second kappa shape index (κ2) is 7.50. The number of benzene rings is 2. The van der Waals surface area contributed by atoms with E-state index in [0.29, 0.717) is 0 Å². The van der Waals surface area contributed by atoms with E-state index >= 15 is 0 Å². The van der Waals surface area contributed by atoms with Crippen molar-refractivity contribution in [2.24, 2.45) is 0 Å². The van der Waals surface area contributed by atoms with Crippen molar-refractivity contribution in [1.29, 1.82) is 0 Å². The van der Waals surface area contributed by atoms with Crippen LogP contribution in [0, 0.1) is 11.6 Å². The Labute approximate surface area is 138 Å². The average Bonchev–Trinajstić information content (AvgIpc) is 2.53. The van der Waals surface area contributed by atoms with E-state index in [1.165, 1.54) is 0 Å². The Morgan fingerprint density at radius 2 is 1.62 bits per heavy atom. The van der Waals surface area contributed by atoms with Gasteiger partial charge in [0.15, 0.2) is 4.90 Å². The first-order valence-corrected chi connectivity index (χ1v) is 8.57. The number of rotatable bonds is 6. The van der Waals surface area contributed by atoms with Crippen LogP contribution in [0.4, 0.5) is 8.78 Å². The van der Waals surface area contributed by atoms with E-state index in [1.54, 1.807) is 6.92 Å². The van der Waals surface area contributed by atoms with E-state index in [2.05, 4.69) is 5.32 Å². The van der Waals surface area contributed by atoms with Crippen LogP contribution in [-0.4, -0.2) is 20.9 Å². The van der Waals surface area contributed by atoms with Crippen LogP contribution >= 0.6 is 0 Å². The molecule has 0 aliphatic heterocycles. The Morgan fingerprint density at radius 3 is 2.21 bits per heavy atom. The molecule has 0 bridgehead atoms. The van der Waals surface area contributed by atoms with Gasteiger partial charge in [0, 0.05) is 0 Å². The standard InChI is InChI=1S/C16H16F2N2O3S/c1-11(12-6-3-2-4-7-12)20-15(21)10-19-24(22,23)16-13(17)8-5-9-14(16)18/h2-9,11,19H,10H2,1H3,(H,20,21)/t11-/m1/s1. The molecule has 1 atom stereocenters. The Hall–Kier alpha value is -2.32. The highest BCUT2D eigenvalue weighted by Crippen LogP contribution is 2.17. The second-order valence-corrected chi connectivity index (χ2v) is 6.78. The lowest BCUT2D eigenvalue weighted by Crippen LogP contribution is -2.38. The molecule has 0 saturated heterocycles. The van der Waals surface area contributed by atoms with Gasteiger partial charge in [0.1, 0.15) is 11.6 Å². The predicted molar refractivity (Wildman–Crippen MR) is 84.5 cm³/mol. The molecule has 0 aromatic heterocycles. The molecule has 2 N–H and O–H groups in total. The number of hydrogen-bond donors (Lipinski definition) is 2. The topological polar surface area (TPSA) is 75.3 Å². The molecule has 0 heterocycles. The minimum atomic E-state index is -4.48. The number of amides is 1. The molecule has 0 aliphatic rings. The third-order valence-corrected chi connectivity index (χ3v) is 4.74. The molecular weight excluding hydrogens is 338 g/mol. The van der Waals surface area contributed by atoms with Crippen LogP contribution in [0.2, 0.25) is 0 Å². The summed E-state index contributed by atoms with van der Waals surface area (Å²) < 4.78 is 52.9. The Kier molecular flexibility index (Phi) is 5.63. The molecular formula is C16H16F2N2O3S. The summed E-state index contributed by atoms with van der Waals surface area (Å²) in [7, 11) is -4.48. The van der Waals surface area contributed by atoms with Crippen LogP contribution in [0.3, 0.4) is 0 Å². The van der Waals surface area contributed by atoms with Crippen LogP contribution in [-0.2, 0) is 14.8 Å². The van der Waals surface area contributed by atoms with Gasteiger partial charge in [-0.3, -0.25) is 4.79 Å². The SMILES string of the molecule is C[C@@H](NC(=O)CNS(=O)(=O)c1c(F)cccc1F)c1ccccc1. The highest BCUT2D eigenvalue weighted by Gasteiger charge is 2.24. The number of nitrogens with one attached hydrogen (secondary N) is 2. The van der Waals surface area contributed by atoms with Crippen molar-refractivity contribution in [3.63, 3.8) is 0 Å². The summed E-state index contributed by atoms with van der Waals surface area (Å²) in [6.07, 6.45) is 0. The van der Waals surface area contributed by atoms with Crippen molar-refractivity contribution >= 4 is 15.9 Å². The van der Waals surface area contributed by atoms with Crippen molar-refractivity contribution in [1.82, 2.24) is 10.0 Å². The van der Waals surface area contributed by atoms with E-state index in [1.807, 2.05) is 35.1 Å². The van der Waals surface area contributed by atoms with Gasteiger partial charge < -0.3 is 5.32 Å². The fraction of sp³-hybridized carbons (Fsp3) is 0.188. The number of carbonyl (C=O) groups is 1. The summed E-state index contributed by atoms with van der Waals surface area (Å²) in [5, 5.41) is 2.60. The molecule has 0 spiro atoms. The van der Waals surface area contributed by atoms with Gasteiger partial charge in [-0.2, -0.15) is 0 Å². The summed E-state index contributed by atoms with van der Waals surface area (Å²) in [5.74, 6) is -3.06. The molecule has 0 fully saturated rings. The van der Waals surface area contributed by atoms with Crippen LogP contribution in [0.5, 0.6) is 0 Å². The molecule has 2 rings (SSSR count). The molecule has 0 aliphatic carbocycles. The Bertz CT molecular complexity index is 806. The van der Waals surface area contributed by atoms with Crippen molar-refractivity contribution < 1.29 is 22.0 Å².